The molecule has 0 aliphatic carbocycles. The molecule has 0 saturated heterocycles. The standard InChI is InChI=1S/C27H25BrN2O3/c28-15-7-2-8-16-30-23-11-5-6-12-25(23)33-26(27(30)31)22-17-21(18-29)13-14-24(22)32-19-20-9-3-1-4-10-20/h1,3-6,9-14,17,26H,2,7-8,15-16,19H2/t26-/m0/s1. The van der Waals surface area contributed by atoms with Crippen molar-refractivity contribution in [3.05, 3.63) is 89.5 Å². The van der Waals surface area contributed by atoms with Crippen molar-refractivity contribution in [2.24, 2.45) is 0 Å². The highest BCUT2D eigenvalue weighted by molar-refractivity contribution is 9.09. The van der Waals surface area contributed by atoms with E-state index >= 15 is 0 Å². The summed E-state index contributed by atoms with van der Waals surface area (Å²) in [5.74, 6) is 1.04. The van der Waals surface area contributed by atoms with Crippen LogP contribution in [0, 0.1) is 11.3 Å². The molecule has 1 amide bonds. The summed E-state index contributed by atoms with van der Waals surface area (Å²) in [6.07, 6.45) is 2.10. The van der Waals surface area contributed by atoms with E-state index in [9.17, 15) is 10.1 Å². The summed E-state index contributed by atoms with van der Waals surface area (Å²) in [5, 5.41) is 10.4. The van der Waals surface area contributed by atoms with Crippen molar-refractivity contribution in [3.8, 4) is 17.6 Å². The minimum atomic E-state index is -0.879. The maximum absolute atomic E-state index is 13.6. The summed E-state index contributed by atoms with van der Waals surface area (Å²) < 4.78 is 12.3. The van der Waals surface area contributed by atoms with Gasteiger partial charge in [0.05, 0.1) is 17.3 Å². The van der Waals surface area contributed by atoms with Gasteiger partial charge in [0.1, 0.15) is 18.1 Å². The van der Waals surface area contributed by atoms with Gasteiger partial charge in [0, 0.05) is 17.4 Å². The Kier molecular flexibility index (Phi) is 7.64. The predicted octanol–water partition coefficient (Wildman–Crippen LogP) is 6.17. The zero-order valence-electron chi connectivity index (χ0n) is 18.2. The molecule has 33 heavy (non-hydrogen) atoms. The maximum atomic E-state index is 13.6. The Morgan fingerprint density at radius 1 is 1.00 bits per heavy atom. The number of nitriles is 1. The zero-order valence-corrected chi connectivity index (χ0v) is 19.8. The van der Waals surface area contributed by atoms with Crippen LogP contribution in [0.5, 0.6) is 11.5 Å². The topological polar surface area (TPSA) is 62.6 Å². The number of fused-ring (bicyclic) bond motifs is 1. The van der Waals surface area contributed by atoms with Gasteiger partial charge in [-0.1, -0.05) is 64.8 Å². The molecule has 0 saturated carbocycles. The van der Waals surface area contributed by atoms with Crippen molar-refractivity contribution in [1.29, 1.82) is 5.26 Å². The van der Waals surface area contributed by atoms with E-state index in [4.69, 9.17) is 9.47 Å². The number of anilines is 1. The van der Waals surface area contributed by atoms with Crippen LogP contribution in [-0.4, -0.2) is 17.8 Å². The van der Waals surface area contributed by atoms with Crippen molar-refractivity contribution in [1.82, 2.24) is 0 Å². The molecular weight excluding hydrogens is 480 g/mol. The number of para-hydroxylation sites is 2. The summed E-state index contributed by atoms with van der Waals surface area (Å²) in [7, 11) is 0. The number of unbranched alkanes of at least 4 members (excludes halogenated alkanes) is 2. The number of hydrogen-bond acceptors (Lipinski definition) is 4. The molecule has 0 fully saturated rings. The number of alkyl halides is 1. The van der Waals surface area contributed by atoms with Gasteiger partial charge in [-0.3, -0.25) is 4.79 Å². The molecule has 0 radical (unpaired) electrons. The van der Waals surface area contributed by atoms with E-state index in [1.54, 1.807) is 23.1 Å². The van der Waals surface area contributed by atoms with E-state index < -0.39 is 6.10 Å². The molecule has 1 aliphatic rings. The summed E-state index contributed by atoms with van der Waals surface area (Å²) in [6, 6.07) is 24.7. The highest BCUT2D eigenvalue weighted by atomic mass is 79.9. The van der Waals surface area contributed by atoms with Gasteiger partial charge in [-0.05, 0) is 48.7 Å². The average Bonchev–Trinajstić information content (AvgIpc) is 2.86. The summed E-state index contributed by atoms with van der Waals surface area (Å²) >= 11 is 3.47. The van der Waals surface area contributed by atoms with Gasteiger partial charge >= 0.3 is 0 Å². The van der Waals surface area contributed by atoms with Crippen LogP contribution in [0.25, 0.3) is 0 Å². The quantitative estimate of drug-likeness (QED) is 0.258. The lowest BCUT2D eigenvalue weighted by Crippen LogP contribution is -2.41. The van der Waals surface area contributed by atoms with Gasteiger partial charge in [0.2, 0.25) is 6.10 Å². The summed E-state index contributed by atoms with van der Waals surface area (Å²) in [5.41, 5.74) is 2.81. The van der Waals surface area contributed by atoms with Gasteiger partial charge in [0.25, 0.3) is 5.91 Å². The minimum absolute atomic E-state index is 0.146. The first kappa shape index (κ1) is 22.9. The molecule has 3 aromatic rings. The molecule has 3 aromatic carbocycles. The lowest BCUT2D eigenvalue weighted by atomic mass is 10.0. The first-order valence-corrected chi connectivity index (χ1v) is 12.2. The number of carbonyl (C=O) groups is 1. The molecule has 1 atom stereocenters. The van der Waals surface area contributed by atoms with E-state index in [2.05, 4.69) is 22.0 Å². The van der Waals surface area contributed by atoms with E-state index in [0.29, 0.717) is 35.8 Å². The smallest absolute Gasteiger partial charge is 0.273 e. The molecule has 1 heterocycles. The summed E-state index contributed by atoms with van der Waals surface area (Å²) in [4.78, 5) is 15.4. The fourth-order valence-corrected chi connectivity index (χ4v) is 4.27. The lowest BCUT2D eigenvalue weighted by molar-refractivity contribution is -0.126. The molecule has 0 spiro atoms. The zero-order chi connectivity index (χ0) is 23.0. The number of nitrogens with zero attached hydrogens (tertiary/aromatic N) is 2. The van der Waals surface area contributed by atoms with Gasteiger partial charge in [-0.2, -0.15) is 5.26 Å². The van der Waals surface area contributed by atoms with Gasteiger partial charge in [-0.15, -0.1) is 0 Å². The van der Waals surface area contributed by atoms with Gasteiger partial charge < -0.3 is 14.4 Å². The van der Waals surface area contributed by atoms with Gasteiger partial charge in [0.15, 0.2) is 0 Å². The number of halogens is 1. The molecular formula is C27H25BrN2O3. The first-order valence-electron chi connectivity index (χ1n) is 11.0. The third-order valence-corrected chi connectivity index (χ3v) is 6.13. The van der Waals surface area contributed by atoms with Crippen LogP contribution >= 0.6 is 15.9 Å². The van der Waals surface area contributed by atoms with E-state index in [1.807, 2.05) is 54.6 Å². The fourth-order valence-electron chi connectivity index (χ4n) is 3.88. The molecule has 0 unspecified atom stereocenters. The van der Waals surface area contributed by atoms with Crippen LogP contribution in [-0.2, 0) is 11.4 Å². The highest BCUT2D eigenvalue weighted by Gasteiger charge is 2.37. The van der Waals surface area contributed by atoms with Crippen LogP contribution < -0.4 is 14.4 Å². The molecule has 0 bridgehead atoms. The molecule has 0 aromatic heterocycles. The van der Waals surface area contributed by atoms with Crippen molar-refractivity contribution in [3.63, 3.8) is 0 Å². The largest absolute Gasteiger partial charge is 0.488 e. The monoisotopic (exact) mass is 504 g/mol. The summed E-state index contributed by atoms with van der Waals surface area (Å²) in [6.45, 7) is 0.967. The first-order chi connectivity index (χ1) is 16.2. The highest BCUT2D eigenvalue weighted by Crippen LogP contribution is 2.41. The Bertz CT molecular complexity index is 1140. The van der Waals surface area contributed by atoms with Crippen molar-refractivity contribution in [2.75, 3.05) is 16.8 Å². The average molecular weight is 505 g/mol. The number of ether oxygens (including phenoxy) is 2. The van der Waals surface area contributed by atoms with Crippen LogP contribution in [0.3, 0.4) is 0 Å². The Morgan fingerprint density at radius 3 is 2.58 bits per heavy atom. The number of carbonyl (C=O) groups excluding carboxylic acids is 1. The SMILES string of the molecule is N#Cc1ccc(OCc2ccccc2)c([C@@H]2Oc3ccccc3N(CCCCCBr)C2=O)c1. The molecule has 4 rings (SSSR count). The second-order valence-electron chi connectivity index (χ2n) is 7.84. The van der Waals surface area contributed by atoms with E-state index in [0.717, 1.165) is 35.8 Å². The molecule has 6 heteroatoms. The van der Waals surface area contributed by atoms with Crippen LogP contribution in [0.15, 0.2) is 72.8 Å². The minimum Gasteiger partial charge on any atom is -0.488 e. The second-order valence-corrected chi connectivity index (χ2v) is 8.64. The molecule has 5 nitrogen and oxygen atoms in total. The van der Waals surface area contributed by atoms with Crippen molar-refractivity contribution < 1.29 is 14.3 Å². The molecule has 168 valence electrons. The van der Waals surface area contributed by atoms with Gasteiger partial charge in [-0.25, -0.2) is 0 Å². The maximum Gasteiger partial charge on any atom is 0.273 e. The normalized spacial score (nSPS) is 14.8. The van der Waals surface area contributed by atoms with Crippen LogP contribution in [0.1, 0.15) is 42.1 Å². The van der Waals surface area contributed by atoms with Crippen LogP contribution in [0.4, 0.5) is 5.69 Å². The second kappa shape index (κ2) is 11.0. The molecule has 1 aliphatic heterocycles. The lowest BCUT2D eigenvalue weighted by Gasteiger charge is -2.35. The number of amides is 1. The van der Waals surface area contributed by atoms with Crippen LogP contribution in [0.2, 0.25) is 0 Å². The molecule has 0 N–H and O–H groups in total. The number of rotatable bonds is 9. The fraction of sp³-hybridized carbons (Fsp3) is 0.259. The Labute approximate surface area is 202 Å². The van der Waals surface area contributed by atoms with E-state index in [-0.39, 0.29) is 5.91 Å². The Hall–Kier alpha value is -3.30. The Balaban J connectivity index is 1.65. The third-order valence-electron chi connectivity index (χ3n) is 5.57. The Morgan fingerprint density at radius 2 is 1.79 bits per heavy atom. The van der Waals surface area contributed by atoms with Crippen molar-refractivity contribution >= 4 is 27.5 Å². The third kappa shape index (κ3) is 5.37. The number of hydrogen-bond donors (Lipinski definition) is 0. The van der Waals surface area contributed by atoms with Crippen molar-refractivity contribution in [2.45, 2.75) is 32.0 Å². The number of benzene rings is 3. The predicted molar refractivity (Wildman–Crippen MR) is 132 cm³/mol. The van der Waals surface area contributed by atoms with E-state index in [1.165, 1.54) is 0 Å².